The molecule has 0 unspecified atom stereocenters. The summed E-state index contributed by atoms with van der Waals surface area (Å²) in [6, 6.07) is 7.99. The first kappa shape index (κ1) is 13.9. The number of rotatable bonds is 4. The number of oxime groups is 1. The van der Waals surface area contributed by atoms with Crippen molar-refractivity contribution in [1.82, 2.24) is 0 Å². The molecule has 5 heteroatoms. The van der Waals surface area contributed by atoms with Crippen LogP contribution in [0.1, 0.15) is 49.8 Å². The molecule has 112 valence electrons. The molecule has 1 aliphatic heterocycles. The highest BCUT2D eigenvalue weighted by Crippen LogP contribution is 2.32. The highest BCUT2D eigenvalue weighted by atomic mass is 16.4. The fourth-order valence-electron chi connectivity index (χ4n) is 3.28. The minimum Gasteiger partial charge on any atom is -0.463 e. The number of piperidine rings is 1. The van der Waals surface area contributed by atoms with Crippen LogP contribution < -0.4 is 5.32 Å². The largest absolute Gasteiger partial charge is 0.463 e. The SMILES string of the molecule is CCC[C@@H]1/C(=N/O)C[C@@H](c2ccco2)[NH2+][C@@H]1c1ccco1. The van der Waals surface area contributed by atoms with Crippen molar-refractivity contribution in [2.45, 2.75) is 38.3 Å². The van der Waals surface area contributed by atoms with Crippen molar-refractivity contribution in [2.24, 2.45) is 11.1 Å². The zero-order chi connectivity index (χ0) is 14.7. The molecule has 0 saturated carbocycles. The van der Waals surface area contributed by atoms with Gasteiger partial charge in [0.05, 0.1) is 24.2 Å². The average Bonchev–Trinajstić information content (AvgIpc) is 3.21. The highest BCUT2D eigenvalue weighted by Gasteiger charge is 2.42. The molecule has 0 radical (unpaired) electrons. The van der Waals surface area contributed by atoms with E-state index in [4.69, 9.17) is 8.83 Å². The molecule has 0 spiro atoms. The van der Waals surface area contributed by atoms with Crippen molar-refractivity contribution in [3.05, 3.63) is 48.3 Å². The standard InChI is InChI=1S/C16H20N2O3/c1-2-5-11-12(18-19)10-13(14-6-3-8-20-14)17-16(11)15-7-4-9-21-15/h3-4,6-9,11,13,16-17,19H,2,5,10H2,1H3/p+1/b18-12+/t11-,13+,16+/m1/s1. The van der Waals surface area contributed by atoms with Gasteiger partial charge in [-0.15, -0.1) is 0 Å². The monoisotopic (exact) mass is 289 g/mol. The third-order valence-electron chi connectivity index (χ3n) is 4.24. The van der Waals surface area contributed by atoms with Gasteiger partial charge in [-0.2, -0.15) is 0 Å². The molecule has 2 aromatic rings. The van der Waals surface area contributed by atoms with Crippen LogP contribution in [0.4, 0.5) is 0 Å². The van der Waals surface area contributed by atoms with Gasteiger partial charge < -0.3 is 19.4 Å². The van der Waals surface area contributed by atoms with Crippen molar-refractivity contribution >= 4 is 5.71 Å². The quantitative estimate of drug-likeness (QED) is 0.671. The highest BCUT2D eigenvalue weighted by molar-refractivity contribution is 5.87. The Balaban J connectivity index is 1.92. The molecule has 3 N–H and O–H groups in total. The summed E-state index contributed by atoms with van der Waals surface area (Å²) in [5, 5.41) is 15.3. The van der Waals surface area contributed by atoms with Gasteiger partial charge in [0, 0.05) is 6.42 Å². The van der Waals surface area contributed by atoms with Crippen LogP contribution in [0.3, 0.4) is 0 Å². The lowest BCUT2D eigenvalue weighted by molar-refractivity contribution is -0.745. The minimum absolute atomic E-state index is 0.120. The Hall–Kier alpha value is -2.01. The Morgan fingerprint density at radius 1 is 1.24 bits per heavy atom. The van der Waals surface area contributed by atoms with Gasteiger partial charge in [-0.05, 0) is 30.7 Å². The molecule has 0 aliphatic carbocycles. The first-order valence-electron chi connectivity index (χ1n) is 7.46. The summed E-state index contributed by atoms with van der Waals surface area (Å²) in [4.78, 5) is 0. The molecule has 0 bridgehead atoms. The fraction of sp³-hybridized carbons (Fsp3) is 0.438. The molecule has 1 saturated heterocycles. The lowest BCUT2D eigenvalue weighted by Crippen LogP contribution is -2.90. The van der Waals surface area contributed by atoms with E-state index in [1.54, 1.807) is 12.5 Å². The predicted molar refractivity (Wildman–Crippen MR) is 77.1 cm³/mol. The molecular formula is C16H21N2O3+. The van der Waals surface area contributed by atoms with Gasteiger partial charge >= 0.3 is 0 Å². The van der Waals surface area contributed by atoms with Crippen molar-refractivity contribution in [2.75, 3.05) is 0 Å². The smallest absolute Gasteiger partial charge is 0.161 e. The van der Waals surface area contributed by atoms with Crippen molar-refractivity contribution < 1.29 is 19.4 Å². The van der Waals surface area contributed by atoms with Crippen LogP contribution in [-0.4, -0.2) is 10.9 Å². The molecule has 3 atom stereocenters. The van der Waals surface area contributed by atoms with Crippen molar-refractivity contribution in [1.29, 1.82) is 0 Å². The number of nitrogens with zero attached hydrogens (tertiary/aromatic N) is 1. The van der Waals surface area contributed by atoms with Gasteiger partial charge in [0.15, 0.2) is 23.6 Å². The Bertz CT molecular complexity index is 575. The van der Waals surface area contributed by atoms with E-state index in [2.05, 4.69) is 17.4 Å². The molecule has 3 rings (SSSR count). The summed E-state index contributed by atoms with van der Waals surface area (Å²) in [5.74, 6) is 2.02. The van der Waals surface area contributed by atoms with Gasteiger partial charge in [-0.1, -0.05) is 18.5 Å². The second kappa shape index (κ2) is 6.18. The Morgan fingerprint density at radius 3 is 2.52 bits per heavy atom. The zero-order valence-electron chi connectivity index (χ0n) is 12.1. The maximum absolute atomic E-state index is 9.43. The van der Waals surface area contributed by atoms with E-state index in [-0.39, 0.29) is 18.0 Å². The minimum atomic E-state index is 0.120. The number of hydrogen-bond acceptors (Lipinski definition) is 4. The Kier molecular flexibility index (Phi) is 4.10. The molecule has 3 heterocycles. The van der Waals surface area contributed by atoms with Crippen LogP contribution >= 0.6 is 0 Å². The van der Waals surface area contributed by atoms with E-state index in [0.717, 1.165) is 30.1 Å². The van der Waals surface area contributed by atoms with Crippen LogP contribution in [0.15, 0.2) is 50.8 Å². The second-order valence-corrected chi connectivity index (χ2v) is 5.55. The van der Waals surface area contributed by atoms with Gasteiger partial charge in [0.1, 0.15) is 0 Å². The first-order valence-corrected chi connectivity index (χ1v) is 7.46. The van der Waals surface area contributed by atoms with E-state index in [1.807, 2.05) is 24.3 Å². The maximum atomic E-state index is 9.43. The van der Waals surface area contributed by atoms with E-state index in [1.165, 1.54) is 0 Å². The van der Waals surface area contributed by atoms with Gasteiger partial charge in [-0.25, -0.2) is 0 Å². The molecule has 5 nitrogen and oxygen atoms in total. The lowest BCUT2D eigenvalue weighted by Gasteiger charge is -2.33. The van der Waals surface area contributed by atoms with Crippen LogP contribution in [-0.2, 0) is 0 Å². The summed E-state index contributed by atoms with van der Waals surface area (Å²) in [7, 11) is 0. The maximum Gasteiger partial charge on any atom is 0.161 e. The number of quaternary nitrogens is 1. The molecule has 0 aromatic carbocycles. The van der Waals surface area contributed by atoms with Crippen LogP contribution in [0.2, 0.25) is 0 Å². The number of furan rings is 2. The molecule has 0 amide bonds. The molecule has 1 aliphatic rings. The zero-order valence-corrected chi connectivity index (χ0v) is 12.1. The summed E-state index contributed by atoms with van der Waals surface area (Å²) in [6.07, 6.45) is 6.09. The second-order valence-electron chi connectivity index (χ2n) is 5.55. The predicted octanol–water partition coefficient (Wildman–Crippen LogP) is 2.87. The van der Waals surface area contributed by atoms with Crippen LogP contribution in [0, 0.1) is 5.92 Å². The summed E-state index contributed by atoms with van der Waals surface area (Å²) >= 11 is 0. The lowest BCUT2D eigenvalue weighted by atomic mass is 9.81. The van der Waals surface area contributed by atoms with Crippen LogP contribution in [0.5, 0.6) is 0 Å². The van der Waals surface area contributed by atoms with Crippen LogP contribution in [0.25, 0.3) is 0 Å². The molecule has 21 heavy (non-hydrogen) atoms. The molecular weight excluding hydrogens is 268 g/mol. The van der Waals surface area contributed by atoms with E-state index >= 15 is 0 Å². The topological polar surface area (TPSA) is 75.5 Å². The van der Waals surface area contributed by atoms with Gasteiger partial charge in [0.2, 0.25) is 0 Å². The molecule has 1 fully saturated rings. The third-order valence-corrected chi connectivity index (χ3v) is 4.24. The summed E-state index contributed by atoms with van der Waals surface area (Å²) in [6.45, 7) is 2.15. The van der Waals surface area contributed by atoms with Gasteiger partial charge in [0.25, 0.3) is 0 Å². The van der Waals surface area contributed by atoms with Gasteiger partial charge in [-0.3, -0.25) is 0 Å². The number of nitrogens with two attached hydrogens (primary N) is 1. The Morgan fingerprint density at radius 2 is 1.95 bits per heavy atom. The number of hydrogen-bond donors (Lipinski definition) is 2. The normalized spacial score (nSPS) is 28.0. The van der Waals surface area contributed by atoms with Crippen molar-refractivity contribution in [3.63, 3.8) is 0 Å². The first-order chi connectivity index (χ1) is 10.3. The third kappa shape index (κ3) is 2.74. The fourth-order valence-corrected chi connectivity index (χ4v) is 3.28. The van der Waals surface area contributed by atoms with E-state index in [9.17, 15) is 5.21 Å². The summed E-state index contributed by atoms with van der Waals surface area (Å²) in [5.41, 5.74) is 0.835. The van der Waals surface area contributed by atoms with E-state index < -0.39 is 0 Å². The van der Waals surface area contributed by atoms with Crippen molar-refractivity contribution in [3.8, 4) is 0 Å². The summed E-state index contributed by atoms with van der Waals surface area (Å²) < 4.78 is 11.1. The Labute approximate surface area is 123 Å². The molecule has 2 aromatic heterocycles. The van der Waals surface area contributed by atoms with E-state index in [0.29, 0.717) is 6.42 Å². The average molecular weight is 289 g/mol.